The van der Waals surface area contributed by atoms with Gasteiger partial charge in [0.15, 0.2) is 0 Å². The van der Waals surface area contributed by atoms with Crippen LogP contribution in [-0.2, 0) is 9.84 Å². The molecule has 0 bridgehead atoms. The maximum absolute atomic E-state index is 10.9. The van der Waals surface area contributed by atoms with Gasteiger partial charge in [-0.1, -0.05) is 6.92 Å². The Bertz CT molecular complexity index is 224. The van der Waals surface area contributed by atoms with Gasteiger partial charge in [0.2, 0.25) is 0 Å². The van der Waals surface area contributed by atoms with Crippen LogP contribution in [0.4, 0.5) is 0 Å². The molecule has 0 aliphatic heterocycles. The van der Waals surface area contributed by atoms with Gasteiger partial charge < -0.3 is 5.32 Å². The van der Waals surface area contributed by atoms with Crippen molar-refractivity contribution in [2.75, 3.05) is 19.1 Å². The Labute approximate surface area is 81.8 Å². The van der Waals surface area contributed by atoms with Crippen molar-refractivity contribution in [2.45, 2.75) is 32.7 Å². The van der Waals surface area contributed by atoms with Crippen molar-refractivity contribution >= 4 is 9.84 Å². The standard InChI is InChI=1S/C9H21NO2S/c1-8(7-9(2)10-3)5-6-13(4,11)12/h8-10H,5-7H2,1-4H3. The fourth-order valence-corrected chi connectivity index (χ4v) is 2.09. The second-order valence-electron chi connectivity index (χ2n) is 3.95. The van der Waals surface area contributed by atoms with E-state index in [-0.39, 0.29) is 0 Å². The summed E-state index contributed by atoms with van der Waals surface area (Å²) >= 11 is 0. The first kappa shape index (κ1) is 12.9. The Kier molecular flexibility index (Phi) is 5.56. The second-order valence-corrected chi connectivity index (χ2v) is 6.21. The van der Waals surface area contributed by atoms with Crippen molar-refractivity contribution in [1.29, 1.82) is 0 Å². The largest absolute Gasteiger partial charge is 0.317 e. The van der Waals surface area contributed by atoms with Gasteiger partial charge in [-0.05, 0) is 32.7 Å². The lowest BCUT2D eigenvalue weighted by atomic mass is 10.0. The van der Waals surface area contributed by atoms with Crippen molar-refractivity contribution in [3.63, 3.8) is 0 Å². The molecule has 0 aromatic heterocycles. The van der Waals surface area contributed by atoms with E-state index in [1.165, 1.54) is 6.26 Å². The van der Waals surface area contributed by atoms with E-state index in [1.54, 1.807) is 0 Å². The predicted molar refractivity (Wildman–Crippen MR) is 56.6 cm³/mol. The summed E-state index contributed by atoms with van der Waals surface area (Å²) < 4.78 is 21.8. The minimum Gasteiger partial charge on any atom is -0.317 e. The molecule has 2 unspecified atom stereocenters. The summed E-state index contributed by atoms with van der Waals surface area (Å²) in [7, 11) is -0.858. The smallest absolute Gasteiger partial charge is 0.147 e. The van der Waals surface area contributed by atoms with Crippen molar-refractivity contribution in [3.8, 4) is 0 Å². The summed E-state index contributed by atoms with van der Waals surface area (Å²) in [4.78, 5) is 0. The van der Waals surface area contributed by atoms with Crippen LogP contribution < -0.4 is 5.32 Å². The van der Waals surface area contributed by atoms with Crippen LogP contribution in [0.15, 0.2) is 0 Å². The summed E-state index contributed by atoms with van der Waals surface area (Å²) in [5.41, 5.74) is 0. The highest BCUT2D eigenvalue weighted by molar-refractivity contribution is 7.90. The fraction of sp³-hybridized carbons (Fsp3) is 1.00. The molecule has 3 nitrogen and oxygen atoms in total. The quantitative estimate of drug-likeness (QED) is 0.708. The first-order chi connectivity index (χ1) is 5.85. The van der Waals surface area contributed by atoms with Crippen molar-refractivity contribution < 1.29 is 8.42 Å². The summed E-state index contributed by atoms with van der Waals surface area (Å²) in [5, 5.41) is 3.14. The van der Waals surface area contributed by atoms with Gasteiger partial charge in [0.05, 0.1) is 5.75 Å². The minimum absolute atomic E-state index is 0.310. The van der Waals surface area contributed by atoms with Crippen LogP contribution in [0.5, 0.6) is 0 Å². The second kappa shape index (κ2) is 5.60. The van der Waals surface area contributed by atoms with Crippen LogP contribution in [0.2, 0.25) is 0 Å². The molecule has 0 aromatic carbocycles. The Balaban J connectivity index is 3.69. The van der Waals surface area contributed by atoms with Crippen molar-refractivity contribution in [3.05, 3.63) is 0 Å². The van der Waals surface area contributed by atoms with Gasteiger partial charge >= 0.3 is 0 Å². The molecular formula is C9H21NO2S. The third-order valence-electron chi connectivity index (χ3n) is 2.23. The van der Waals surface area contributed by atoms with Gasteiger partial charge in [0.1, 0.15) is 9.84 Å². The molecule has 0 saturated heterocycles. The summed E-state index contributed by atoms with van der Waals surface area (Å²) in [6.45, 7) is 4.20. The highest BCUT2D eigenvalue weighted by Crippen LogP contribution is 2.11. The number of hydrogen-bond donors (Lipinski definition) is 1. The molecule has 80 valence electrons. The molecule has 0 aromatic rings. The summed E-state index contributed by atoms with van der Waals surface area (Å²) in [6.07, 6.45) is 3.10. The zero-order valence-electron chi connectivity index (χ0n) is 9.00. The predicted octanol–water partition coefficient (Wildman–Crippen LogP) is 1.06. The third-order valence-corrected chi connectivity index (χ3v) is 3.21. The molecule has 2 atom stereocenters. The maximum Gasteiger partial charge on any atom is 0.147 e. The van der Waals surface area contributed by atoms with Crippen molar-refractivity contribution in [2.24, 2.45) is 5.92 Å². The van der Waals surface area contributed by atoms with Gasteiger partial charge in [-0.25, -0.2) is 8.42 Å². The Hall–Kier alpha value is -0.0900. The molecule has 13 heavy (non-hydrogen) atoms. The molecule has 0 fully saturated rings. The van der Waals surface area contributed by atoms with Gasteiger partial charge in [-0.3, -0.25) is 0 Å². The molecule has 0 rings (SSSR count). The SMILES string of the molecule is CNC(C)CC(C)CCS(C)(=O)=O. The number of hydrogen-bond acceptors (Lipinski definition) is 3. The molecular weight excluding hydrogens is 186 g/mol. The first-order valence-corrected chi connectivity index (χ1v) is 6.76. The zero-order chi connectivity index (χ0) is 10.5. The van der Waals surface area contributed by atoms with Crippen LogP contribution in [0.1, 0.15) is 26.7 Å². The highest BCUT2D eigenvalue weighted by Gasteiger charge is 2.10. The Morgan fingerprint density at radius 1 is 1.31 bits per heavy atom. The van der Waals surface area contributed by atoms with E-state index in [2.05, 4.69) is 19.2 Å². The number of sulfone groups is 1. The van der Waals surface area contributed by atoms with Crippen LogP contribution in [0.25, 0.3) is 0 Å². The molecule has 0 radical (unpaired) electrons. The Morgan fingerprint density at radius 3 is 2.23 bits per heavy atom. The lowest BCUT2D eigenvalue weighted by molar-refractivity contribution is 0.432. The number of nitrogens with one attached hydrogen (secondary N) is 1. The molecule has 4 heteroatoms. The molecule has 0 saturated carbocycles. The number of rotatable bonds is 6. The van der Waals surface area contributed by atoms with E-state index in [0.29, 0.717) is 17.7 Å². The van der Waals surface area contributed by atoms with Crippen LogP contribution >= 0.6 is 0 Å². The molecule has 1 N–H and O–H groups in total. The fourth-order valence-electron chi connectivity index (χ4n) is 1.25. The van der Waals surface area contributed by atoms with E-state index < -0.39 is 9.84 Å². The zero-order valence-corrected chi connectivity index (χ0v) is 9.82. The minimum atomic E-state index is -2.78. The molecule has 0 aliphatic carbocycles. The van der Waals surface area contributed by atoms with Gasteiger partial charge in [0.25, 0.3) is 0 Å². The van der Waals surface area contributed by atoms with Crippen LogP contribution in [0, 0.1) is 5.92 Å². The van der Waals surface area contributed by atoms with E-state index in [9.17, 15) is 8.42 Å². The average Bonchev–Trinajstić information content (AvgIpc) is 1.99. The molecule has 0 heterocycles. The van der Waals surface area contributed by atoms with E-state index >= 15 is 0 Å². The lowest BCUT2D eigenvalue weighted by Gasteiger charge is -2.15. The summed E-state index contributed by atoms with van der Waals surface area (Å²) in [5.74, 6) is 0.780. The monoisotopic (exact) mass is 207 g/mol. The maximum atomic E-state index is 10.9. The molecule has 0 amide bonds. The van der Waals surface area contributed by atoms with E-state index in [0.717, 1.165) is 12.8 Å². The third kappa shape index (κ3) is 8.25. The average molecular weight is 207 g/mol. The lowest BCUT2D eigenvalue weighted by Crippen LogP contribution is -2.24. The normalized spacial score (nSPS) is 16.9. The van der Waals surface area contributed by atoms with Gasteiger partial charge in [-0.2, -0.15) is 0 Å². The first-order valence-electron chi connectivity index (χ1n) is 4.70. The van der Waals surface area contributed by atoms with Crippen LogP contribution in [0.3, 0.4) is 0 Å². The van der Waals surface area contributed by atoms with Crippen LogP contribution in [-0.4, -0.2) is 33.5 Å². The van der Waals surface area contributed by atoms with E-state index in [1.807, 2.05) is 7.05 Å². The van der Waals surface area contributed by atoms with E-state index in [4.69, 9.17) is 0 Å². The molecule has 0 aliphatic rings. The molecule has 0 spiro atoms. The Morgan fingerprint density at radius 2 is 1.85 bits per heavy atom. The van der Waals surface area contributed by atoms with Crippen molar-refractivity contribution in [1.82, 2.24) is 5.32 Å². The van der Waals surface area contributed by atoms with Gasteiger partial charge in [-0.15, -0.1) is 0 Å². The summed E-state index contributed by atoms with van der Waals surface area (Å²) in [6, 6.07) is 0.467. The van der Waals surface area contributed by atoms with Gasteiger partial charge in [0, 0.05) is 12.3 Å². The topological polar surface area (TPSA) is 46.2 Å². The highest BCUT2D eigenvalue weighted by atomic mass is 32.2.